The van der Waals surface area contributed by atoms with Crippen LogP contribution in [0.5, 0.6) is 5.75 Å². The Bertz CT molecular complexity index is 1070. The first-order valence-corrected chi connectivity index (χ1v) is 11.7. The highest BCUT2D eigenvalue weighted by molar-refractivity contribution is 7.80. The number of rotatable bonds is 6. The molecule has 168 valence electrons. The number of benzene rings is 1. The van der Waals surface area contributed by atoms with Crippen LogP contribution in [0, 0.1) is 0 Å². The Morgan fingerprint density at radius 1 is 1.22 bits per heavy atom. The summed E-state index contributed by atoms with van der Waals surface area (Å²) in [7, 11) is 3.06. The van der Waals surface area contributed by atoms with Crippen LogP contribution in [0.1, 0.15) is 39.8 Å². The summed E-state index contributed by atoms with van der Waals surface area (Å²) >= 11 is 6.95. The van der Waals surface area contributed by atoms with Crippen molar-refractivity contribution in [3.63, 3.8) is 0 Å². The highest BCUT2D eigenvalue weighted by Gasteiger charge is 2.26. The van der Waals surface area contributed by atoms with Gasteiger partial charge in [-0.05, 0) is 54.2 Å². The van der Waals surface area contributed by atoms with E-state index in [4.69, 9.17) is 21.7 Å². The van der Waals surface area contributed by atoms with E-state index < -0.39 is 0 Å². The van der Waals surface area contributed by atoms with Gasteiger partial charge in [-0.1, -0.05) is 12.1 Å². The maximum atomic E-state index is 11.9. The van der Waals surface area contributed by atoms with Crippen LogP contribution < -0.4 is 10.1 Å². The van der Waals surface area contributed by atoms with Crippen molar-refractivity contribution in [3.8, 4) is 5.75 Å². The Balaban J connectivity index is 1.35. The number of carbonyl (C=O) groups is 1. The summed E-state index contributed by atoms with van der Waals surface area (Å²) in [5.74, 6) is 2.00. The summed E-state index contributed by atoms with van der Waals surface area (Å²) in [6.07, 6.45) is 5.86. The standard InChI is InChI=1S/C23H26N4O3S2/c1-29-18-5-3-16(4-6-18)15-27-13-10-24-21(27)17-7-11-26(12-8-17)23(31)25-19-9-14-32-20(19)22(28)30-2/h3-6,9-10,13-14,17H,7-8,11-12,15H2,1-2H3,(H,25,31). The maximum Gasteiger partial charge on any atom is 0.350 e. The number of piperidine rings is 1. The summed E-state index contributed by atoms with van der Waals surface area (Å²) < 4.78 is 12.3. The number of hydrogen-bond donors (Lipinski definition) is 1. The van der Waals surface area contributed by atoms with E-state index >= 15 is 0 Å². The Hall–Kier alpha value is -2.91. The molecule has 0 bridgehead atoms. The fourth-order valence-corrected chi connectivity index (χ4v) is 4.99. The van der Waals surface area contributed by atoms with Gasteiger partial charge in [0.05, 0.1) is 19.9 Å². The molecule has 32 heavy (non-hydrogen) atoms. The molecule has 0 aliphatic carbocycles. The van der Waals surface area contributed by atoms with Crippen molar-refractivity contribution in [2.75, 3.05) is 32.6 Å². The fourth-order valence-electron chi connectivity index (χ4n) is 3.94. The number of carbonyl (C=O) groups excluding carboxylic acids is 1. The predicted octanol–water partition coefficient (Wildman–Crippen LogP) is 4.36. The molecule has 4 rings (SSSR count). The van der Waals surface area contributed by atoms with Crippen molar-refractivity contribution in [1.82, 2.24) is 14.5 Å². The molecule has 1 fully saturated rings. The third-order valence-electron chi connectivity index (χ3n) is 5.68. The number of thiophene rings is 1. The van der Waals surface area contributed by atoms with Crippen molar-refractivity contribution in [2.24, 2.45) is 0 Å². The predicted molar refractivity (Wildman–Crippen MR) is 130 cm³/mol. The lowest BCUT2D eigenvalue weighted by atomic mass is 9.96. The number of methoxy groups -OCH3 is 2. The molecule has 1 aliphatic heterocycles. The second kappa shape index (κ2) is 10.1. The minimum atomic E-state index is -0.354. The number of likely N-dealkylation sites (tertiary alicyclic amines) is 1. The quantitative estimate of drug-likeness (QED) is 0.424. The fraction of sp³-hybridized carbons (Fsp3) is 0.348. The van der Waals surface area contributed by atoms with Gasteiger partial charge in [-0.15, -0.1) is 11.3 Å². The highest BCUT2D eigenvalue weighted by atomic mass is 32.1. The number of hydrogen-bond acceptors (Lipinski definition) is 6. The van der Waals surface area contributed by atoms with Gasteiger partial charge in [-0.2, -0.15) is 0 Å². The molecule has 2 aromatic heterocycles. The molecule has 1 N–H and O–H groups in total. The molecule has 0 spiro atoms. The summed E-state index contributed by atoms with van der Waals surface area (Å²) in [6, 6.07) is 9.99. The first kappa shape index (κ1) is 22.3. The average Bonchev–Trinajstić information content (AvgIpc) is 3.49. The normalized spacial score (nSPS) is 14.2. The molecule has 1 saturated heterocycles. The molecule has 0 radical (unpaired) electrons. The molecular weight excluding hydrogens is 444 g/mol. The molecule has 3 heterocycles. The molecule has 0 atom stereocenters. The van der Waals surface area contributed by atoms with Crippen LogP contribution in [0.3, 0.4) is 0 Å². The van der Waals surface area contributed by atoms with Gasteiger partial charge >= 0.3 is 5.97 Å². The van der Waals surface area contributed by atoms with Crippen LogP contribution >= 0.6 is 23.6 Å². The summed E-state index contributed by atoms with van der Waals surface area (Å²) in [6.45, 7) is 2.46. The number of nitrogens with one attached hydrogen (secondary N) is 1. The van der Waals surface area contributed by atoms with E-state index in [9.17, 15) is 4.79 Å². The van der Waals surface area contributed by atoms with Crippen molar-refractivity contribution < 1.29 is 14.3 Å². The van der Waals surface area contributed by atoms with E-state index in [2.05, 4.69) is 31.9 Å². The van der Waals surface area contributed by atoms with E-state index in [1.807, 2.05) is 36.0 Å². The van der Waals surface area contributed by atoms with Gasteiger partial charge in [-0.3, -0.25) is 0 Å². The van der Waals surface area contributed by atoms with Gasteiger partial charge in [0, 0.05) is 37.9 Å². The largest absolute Gasteiger partial charge is 0.497 e. The number of anilines is 1. The average molecular weight is 471 g/mol. The molecular formula is C23H26N4O3S2. The van der Waals surface area contributed by atoms with Gasteiger partial charge in [0.2, 0.25) is 0 Å². The van der Waals surface area contributed by atoms with E-state index in [1.54, 1.807) is 7.11 Å². The van der Waals surface area contributed by atoms with Gasteiger partial charge in [0.15, 0.2) is 5.11 Å². The maximum absolute atomic E-state index is 11.9. The Labute approximate surface area is 197 Å². The number of esters is 1. The van der Waals surface area contributed by atoms with Crippen LogP contribution in [0.15, 0.2) is 48.1 Å². The van der Waals surface area contributed by atoms with Crippen LogP contribution in [0.4, 0.5) is 5.69 Å². The lowest BCUT2D eigenvalue weighted by Gasteiger charge is -2.33. The van der Waals surface area contributed by atoms with Gasteiger partial charge in [-0.25, -0.2) is 9.78 Å². The smallest absolute Gasteiger partial charge is 0.350 e. The second-order valence-corrected chi connectivity index (χ2v) is 8.91. The van der Waals surface area contributed by atoms with Crippen molar-refractivity contribution in [3.05, 3.63) is 64.4 Å². The highest BCUT2D eigenvalue weighted by Crippen LogP contribution is 2.29. The zero-order chi connectivity index (χ0) is 22.5. The number of imidazole rings is 1. The van der Waals surface area contributed by atoms with Crippen molar-refractivity contribution in [1.29, 1.82) is 0 Å². The summed E-state index contributed by atoms with van der Waals surface area (Å²) in [4.78, 5) is 19.2. The van der Waals surface area contributed by atoms with Gasteiger partial charge in [0.25, 0.3) is 0 Å². The molecule has 0 saturated carbocycles. The molecule has 3 aromatic rings. The van der Waals surface area contributed by atoms with E-state index in [1.165, 1.54) is 24.0 Å². The van der Waals surface area contributed by atoms with Gasteiger partial charge < -0.3 is 24.3 Å². The third-order valence-corrected chi connectivity index (χ3v) is 6.94. The minimum absolute atomic E-state index is 0.354. The van der Waals surface area contributed by atoms with Crippen molar-refractivity contribution in [2.45, 2.75) is 25.3 Å². The van der Waals surface area contributed by atoms with E-state index in [0.717, 1.165) is 44.0 Å². The molecule has 0 amide bonds. The zero-order valence-electron chi connectivity index (χ0n) is 18.1. The lowest BCUT2D eigenvalue weighted by Crippen LogP contribution is -2.40. The molecule has 1 aromatic carbocycles. The Kier molecular flexibility index (Phi) is 7.06. The van der Waals surface area contributed by atoms with E-state index in [-0.39, 0.29) is 5.97 Å². The zero-order valence-corrected chi connectivity index (χ0v) is 19.7. The number of nitrogens with zero attached hydrogens (tertiary/aromatic N) is 3. The summed E-state index contributed by atoms with van der Waals surface area (Å²) in [5.41, 5.74) is 1.91. The van der Waals surface area contributed by atoms with Crippen LogP contribution in [0.25, 0.3) is 0 Å². The second-order valence-electron chi connectivity index (χ2n) is 7.61. The first-order valence-electron chi connectivity index (χ1n) is 10.4. The first-order chi connectivity index (χ1) is 15.6. The topological polar surface area (TPSA) is 68.6 Å². The lowest BCUT2D eigenvalue weighted by molar-refractivity contribution is 0.0607. The molecule has 9 heteroatoms. The number of ether oxygens (including phenoxy) is 2. The number of aromatic nitrogens is 2. The number of thiocarbonyl (C=S) groups is 1. The Morgan fingerprint density at radius 3 is 2.66 bits per heavy atom. The van der Waals surface area contributed by atoms with Crippen molar-refractivity contribution >= 4 is 40.3 Å². The van der Waals surface area contributed by atoms with Crippen LogP contribution in [0.2, 0.25) is 0 Å². The van der Waals surface area contributed by atoms with Crippen LogP contribution in [-0.4, -0.2) is 52.8 Å². The molecule has 1 aliphatic rings. The Morgan fingerprint density at radius 2 is 1.97 bits per heavy atom. The van der Waals surface area contributed by atoms with E-state index in [0.29, 0.717) is 21.6 Å². The monoisotopic (exact) mass is 470 g/mol. The van der Waals surface area contributed by atoms with Gasteiger partial charge in [0.1, 0.15) is 16.5 Å². The SMILES string of the molecule is COC(=O)c1sccc1NC(=S)N1CCC(c2nccn2Cc2ccc(OC)cc2)CC1. The molecule has 0 unspecified atom stereocenters. The summed E-state index contributed by atoms with van der Waals surface area (Å²) in [5, 5.41) is 5.70. The van der Waals surface area contributed by atoms with Crippen LogP contribution in [-0.2, 0) is 11.3 Å². The third kappa shape index (κ3) is 4.94. The molecule has 7 nitrogen and oxygen atoms in total. The minimum Gasteiger partial charge on any atom is -0.497 e.